The number of sulfonamides is 1. The Morgan fingerprint density at radius 3 is 2.64 bits per heavy atom. The molecule has 3 aliphatic rings. The second-order valence-corrected chi connectivity index (χ2v) is 18.0. The average Bonchev–Trinajstić information content (AvgIpc) is 3.86. The van der Waals surface area contributed by atoms with Gasteiger partial charge in [0.25, 0.3) is 5.91 Å². The lowest BCUT2D eigenvalue weighted by Crippen LogP contribution is -2.44. The summed E-state index contributed by atoms with van der Waals surface area (Å²) in [5, 5.41) is 11.2. The second-order valence-electron chi connectivity index (χ2n) is 16.1. The van der Waals surface area contributed by atoms with E-state index in [0.29, 0.717) is 48.2 Å². The molecule has 3 aliphatic heterocycles. The summed E-state index contributed by atoms with van der Waals surface area (Å²) in [6.07, 6.45) is 8.00. The molecule has 2 aromatic heterocycles. The molecule has 56 heavy (non-hydrogen) atoms. The Hall–Kier alpha value is -4.58. The SMILES string of the molecule is CCN(C(=O)c1cc(F)ccc1Oc1cncnc1N1CC2CCN(Cc3ccc4c(cc(C#N)n4CCC4CCN(S(C)(=O)=O)C(C)C4)c3C)C2C1)C(C)C. The van der Waals surface area contributed by atoms with Crippen LogP contribution in [-0.2, 0) is 23.1 Å². The van der Waals surface area contributed by atoms with E-state index < -0.39 is 15.8 Å². The van der Waals surface area contributed by atoms with E-state index in [2.05, 4.69) is 49.5 Å². The zero-order valence-electron chi connectivity index (χ0n) is 33.3. The molecular formula is C42H53FN8O4S. The van der Waals surface area contributed by atoms with Crippen molar-refractivity contribution < 1.29 is 22.3 Å². The highest BCUT2D eigenvalue weighted by molar-refractivity contribution is 7.88. The van der Waals surface area contributed by atoms with Crippen LogP contribution in [0.25, 0.3) is 10.9 Å². The fourth-order valence-electron chi connectivity index (χ4n) is 9.37. The molecule has 0 N–H and O–H groups in total. The number of aryl methyl sites for hydroxylation is 2. The number of benzene rings is 2. The number of nitrogens with zero attached hydrogens (tertiary/aromatic N) is 8. The predicted molar refractivity (Wildman–Crippen MR) is 215 cm³/mol. The van der Waals surface area contributed by atoms with Crippen LogP contribution in [0.4, 0.5) is 10.2 Å². The maximum absolute atomic E-state index is 14.5. The number of anilines is 1. The molecule has 1 amide bonds. The number of carbonyl (C=O) groups is 1. The van der Waals surface area contributed by atoms with E-state index in [0.717, 1.165) is 69.3 Å². The molecule has 14 heteroatoms. The number of halogens is 1. The van der Waals surface area contributed by atoms with Crippen molar-refractivity contribution in [1.29, 1.82) is 5.26 Å². The maximum atomic E-state index is 14.5. The van der Waals surface area contributed by atoms with Gasteiger partial charge in [0.05, 0.1) is 18.0 Å². The largest absolute Gasteiger partial charge is 0.451 e. The number of hydrogen-bond donors (Lipinski definition) is 0. The number of nitriles is 1. The summed E-state index contributed by atoms with van der Waals surface area (Å²) in [7, 11) is -3.21. The molecule has 3 fully saturated rings. The number of ether oxygens (including phenoxy) is 1. The third-order valence-corrected chi connectivity index (χ3v) is 13.7. The minimum absolute atomic E-state index is 0.0211. The number of piperidine rings is 1. The summed E-state index contributed by atoms with van der Waals surface area (Å²) in [5.41, 5.74) is 4.29. The summed E-state index contributed by atoms with van der Waals surface area (Å²) >= 11 is 0. The van der Waals surface area contributed by atoms with E-state index in [4.69, 9.17) is 4.74 Å². The van der Waals surface area contributed by atoms with Gasteiger partial charge in [0.15, 0.2) is 11.6 Å². The number of amides is 1. The Bertz CT molecular complexity index is 2250. The Labute approximate surface area is 329 Å². The fraction of sp³-hybridized carbons (Fsp3) is 0.524. The number of fused-ring (bicyclic) bond motifs is 2. The predicted octanol–water partition coefficient (Wildman–Crippen LogP) is 6.57. The van der Waals surface area contributed by atoms with Crippen LogP contribution in [0, 0.1) is 35.9 Å². The molecule has 4 aromatic rings. The van der Waals surface area contributed by atoms with E-state index in [-0.39, 0.29) is 29.3 Å². The molecule has 12 nitrogen and oxygen atoms in total. The molecule has 2 aromatic carbocycles. The fourth-order valence-corrected chi connectivity index (χ4v) is 10.5. The van der Waals surface area contributed by atoms with Crippen molar-refractivity contribution in [3.63, 3.8) is 0 Å². The first-order chi connectivity index (χ1) is 26.8. The lowest BCUT2D eigenvalue weighted by atomic mass is 9.90. The smallest absolute Gasteiger partial charge is 0.257 e. The average molecular weight is 785 g/mol. The molecule has 0 radical (unpaired) electrons. The Kier molecular flexibility index (Phi) is 11.4. The molecule has 0 aliphatic carbocycles. The van der Waals surface area contributed by atoms with Crippen molar-refractivity contribution in [2.45, 2.75) is 91.5 Å². The normalized spacial score (nSPS) is 21.8. The summed E-state index contributed by atoms with van der Waals surface area (Å²) < 4.78 is 48.9. The molecule has 298 valence electrons. The van der Waals surface area contributed by atoms with Gasteiger partial charge in [-0.2, -0.15) is 9.57 Å². The Morgan fingerprint density at radius 2 is 1.93 bits per heavy atom. The Morgan fingerprint density at radius 1 is 1.12 bits per heavy atom. The van der Waals surface area contributed by atoms with Crippen molar-refractivity contribution in [3.05, 3.63) is 77.1 Å². The summed E-state index contributed by atoms with van der Waals surface area (Å²) in [6.45, 7) is 15.0. The van der Waals surface area contributed by atoms with Crippen LogP contribution in [0.5, 0.6) is 11.5 Å². The molecule has 5 heterocycles. The van der Waals surface area contributed by atoms with Gasteiger partial charge < -0.3 is 19.1 Å². The lowest BCUT2D eigenvalue weighted by Gasteiger charge is -2.36. The standard InChI is InChI=1S/C42H53FN8O4S/c1-7-49(27(2)3)42(52)36-19-33(43)9-11-39(36)55-40-22-45-26-46-41(40)48-24-32-14-15-47(38(32)25-48)23-31-8-10-37-35(29(31)5)20-34(21-44)50(37)16-12-30-13-17-51(28(4)18-30)56(6,53)54/h8-11,19-20,22,26-28,30,32,38H,7,12-18,23-25H2,1-6H3. The molecule has 0 bridgehead atoms. The lowest BCUT2D eigenvalue weighted by molar-refractivity contribution is 0.0713. The van der Waals surface area contributed by atoms with E-state index in [1.165, 1.54) is 41.9 Å². The molecule has 0 saturated carbocycles. The van der Waals surface area contributed by atoms with Crippen molar-refractivity contribution in [2.24, 2.45) is 11.8 Å². The van der Waals surface area contributed by atoms with Crippen LogP contribution < -0.4 is 9.64 Å². The van der Waals surface area contributed by atoms with E-state index in [9.17, 15) is 22.9 Å². The Balaban J connectivity index is 1.05. The zero-order chi connectivity index (χ0) is 39.9. The van der Waals surface area contributed by atoms with Gasteiger partial charge in [-0.1, -0.05) is 6.07 Å². The number of likely N-dealkylation sites (tertiary alicyclic amines) is 1. The van der Waals surface area contributed by atoms with Gasteiger partial charge >= 0.3 is 0 Å². The third-order valence-electron chi connectivity index (χ3n) is 12.3. The number of aromatic nitrogens is 3. The first-order valence-corrected chi connectivity index (χ1v) is 21.7. The van der Waals surface area contributed by atoms with Crippen LogP contribution in [0.2, 0.25) is 0 Å². The van der Waals surface area contributed by atoms with Crippen LogP contribution >= 0.6 is 0 Å². The van der Waals surface area contributed by atoms with Crippen molar-refractivity contribution in [1.82, 2.24) is 28.6 Å². The summed E-state index contributed by atoms with van der Waals surface area (Å²) in [4.78, 5) is 28.8. The first kappa shape index (κ1) is 39.6. The molecular weight excluding hydrogens is 732 g/mol. The number of carbonyl (C=O) groups excluding carboxylic acids is 1. The minimum atomic E-state index is -3.21. The highest BCUT2D eigenvalue weighted by atomic mass is 32.2. The van der Waals surface area contributed by atoms with E-state index >= 15 is 0 Å². The first-order valence-electron chi connectivity index (χ1n) is 19.8. The van der Waals surface area contributed by atoms with Crippen LogP contribution in [0.1, 0.15) is 80.6 Å². The van der Waals surface area contributed by atoms with Gasteiger partial charge in [-0.25, -0.2) is 22.8 Å². The van der Waals surface area contributed by atoms with Gasteiger partial charge in [0.2, 0.25) is 10.0 Å². The monoisotopic (exact) mass is 784 g/mol. The van der Waals surface area contributed by atoms with E-state index in [1.54, 1.807) is 15.4 Å². The van der Waals surface area contributed by atoms with Gasteiger partial charge in [-0.05, 0) is 120 Å². The summed E-state index contributed by atoms with van der Waals surface area (Å²) in [5.74, 6) is 1.35. The quantitative estimate of drug-likeness (QED) is 0.157. The minimum Gasteiger partial charge on any atom is -0.451 e. The van der Waals surface area contributed by atoms with E-state index in [1.807, 2.05) is 33.8 Å². The number of rotatable bonds is 12. The molecule has 4 atom stereocenters. The molecule has 7 rings (SSSR count). The molecule has 4 unspecified atom stereocenters. The van der Waals surface area contributed by atoms with Gasteiger partial charge in [0, 0.05) is 68.3 Å². The summed E-state index contributed by atoms with van der Waals surface area (Å²) in [6, 6.07) is 13.0. The third kappa shape index (κ3) is 7.86. The maximum Gasteiger partial charge on any atom is 0.257 e. The van der Waals surface area contributed by atoms with Crippen LogP contribution in [0.15, 0.2) is 48.9 Å². The van der Waals surface area contributed by atoms with Gasteiger partial charge in [-0.3, -0.25) is 9.69 Å². The van der Waals surface area contributed by atoms with Gasteiger partial charge in [0.1, 0.15) is 29.7 Å². The topological polar surface area (TPSA) is 128 Å². The molecule has 3 saturated heterocycles. The van der Waals surface area contributed by atoms with Crippen LogP contribution in [-0.4, -0.2) is 100 Å². The van der Waals surface area contributed by atoms with Gasteiger partial charge in [-0.15, -0.1) is 0 Å². The van der Waals surface area contributed by atoms with Crippen LogP contribution in [0.3, 0.4) is 0 Å². The second kappa shape index (κ2) is 16.1. The van der Waals surface area contributed by atoms with Crippen molar-refractivity contribution in [3.8, 4) is 17.6 Å². The molecule has 0 spiro atoms. The highest BCUT2D eigenvalue weighted by Gasteiger charge is 2.42. The van der Waals surface area contributed by atoms with Crippen molar-refractivity contribution in [2.75, 3.05) is 43.9 Å². The van der Waals surface area contributed by atoms with Crippen molar-refractivity contribution >= 4 is 32.7 Å². The highest BCUT2D eigenvalue weighted by Crippen LogP contribution is 2.40. The zero-order valence-corrected chi connectivity index (χ0v) is 34.1. The number of hydrogen-bond acceptors (Lipinski definition) is 9.